The van der Waals surface area contributed by atoms with Crippen LogP contribution in [0.5, 0.6) is 0 Å². The van der Waals surface area contributed by atoms with Crippen molar-refractivity contribution in [1.82, 2.24) is 10.3 Å². The predicted octanol–water partition coefficient (Wildman–Crippen LogP) is 3.21. The third kappa shape index (κ3) is 3.42. The van der Waals surface area contributed by atoms with E-state index in [1.165, 1.54) is 12.4 Å². The maximum atomic E-state index is 12.5. The number of carbonyl (C=O) groups excluding carboxylic acids is 2. The van der Waals surface area contributed by atoms with E-state index in [-0.39, 0.29) is 5.91 Å². The minimum atomic E-state index is -0.824. The minimum Gasteiger partial charge on any atom is -0.368 e. The molecule has 0 unspecified atom stereocenters. The van der Waals surface area contributed by atoms with Gasteiger partial charge in [-0.15, -0.1) is 0 Å². The number of hydrogen-bond acceptors (Lipinski definition) is 3. The average molecular weight is 369 g/mol. The topological polar surface area (TPSA) is 85.1 Å². The lowest BCUT2D eigenvalue weighted by atomic mass is 9.92. The highest BCUT2D eigenvalue weighted by Crippen LogP contribution is 2.29. The second-order valence-electron chi connectivity index (χ2n) is 6.67. The Labute approximate surface area is 162 Å². The molecule has 0 saturated carbocycles. The van der Waals surface area contributed by atoms with Crippen LogP contribution in [0.25, 0.3) is 21.5 Å². The summed E-state index contributed by atoms with van der Waals surface area (Å²) in [5.74, 6) is -0.921. The van der Waals surface area contributed by atoms with Gasteiger partial charge in [0, 0.05) is 24.4 Å². The number of pyridine rings is 1. The van der Waals surface area contributed by atoms with Crippen molar-refractivity contribution in [2.45, 2.75) is 12.5 Å². The Morgan fingerprint density at radius 3 is 2.04 bits per heavy atom. The number of nitrogens with one attached hydrogen (secondary N) is 1. The highest BCUT2D eigenvalue weighted by molar-refractivity contribution is 6.03. The highest BCUT2D eigenvalue weighted by Gasteiger charge is 2.21. The lowest BCUT2D eigenvalue weighted by molar-refractivity contribution is -0.119. The summed E-state index contributed by atoms with van der Waals surface area (Å²) >= 11 is 0. The molecular formula is C23H19N3O2. The van der Waals surface area contributed by atoms with Gasteiger partial charge in [0.25, 0.3) is 5.91 Å². The first-order chi connectivity index (χ1) is 13.6. The van der Waals surface area contributed by atoms with Crippen LogP contribution in [-0.4, -0.2) is 22.8 Å². The van der Waals surface area contributed by atoms with Crippen LogP contribution in [0.3, 0.4) is 0 Å². The Bertz CT molecular complexity index is 1120. The normalized spacial score (nSPS) is 12.0. The van der Waals surface area contributed by atoms with Gasteiger partial charge in [0.15, 0.2) is 0 Å². The molecule has 0 spiro atoms. The molecule has 4 rings (SSSR count). The Balaban J connectivity index is 1.75. The molecule has 3 N–H and O–H groups in total. The van der Waals surface area contributed by atoms with Gasteiger partial charge >= 0.3 is 0 Å². The van der Waals surface area contributed by atoms with E-state index < -0.39 is 11.9 Å². The molecule has 4 aromatic rings. The molecule has 5 heteroatoms. The monoisotopic (exact) mass is 369 g/mol. The molecule has 1 heterocycles. The van der Waals surface area contributed by atoms with Crippen LogP contribution in [0.15, 0.2) is 79.1 Å². The number of aromatic nitrogens is 1. The summed E-state index contributed by atoms with van der Waals surface area (Å²) in [5, 5.41) is 7.03. The van der Waals surface area contributed by atoms with Gasteiger partial charge in [0.05, 0.1) is 0 Å². The van der Waals surface area contributed by atoms with Gasteiger partial charge < -0.3 is 11.1 Å². The number of nitrogens with zero attached hydrogens (tertiary/aromatic N) is 1. The zero-order valence-electron chi connectivity index (χ0n) is 15.1. The Morgan fingerprint density at radius 1 is 0.893 bits per heavy atom. The van der Waals surface area contributed by atoms with Crippen molar-refractivity contribution in [2.75, 3.05) is 0 Å². The first kappa shape index (κ1) is 17.7. The third-order valence-corrected chi connectivity index (χ3v) is 4.88. The van der Waals surface area contributed by atoms with Gasteiger partial charge in [-0.05, 0) is 45.3 Å². The fourth-order valence-electron chi connectivity index (χ4n) is 3.50. The molecule has 138 valence electrons. The molecular weight excluding hydrogens is 350 g/mol. The van der Waals surface area contributed by atoms with Crippen LogP contribution in [-0.2, 0) is 11.2 Å². The molecule has 0 bridgehead atoms. The SMILES string of the molecule is NC(=O)[C@H](Cc1c2ccccc2cc2ccccc12)NC(=O)c1ccncc1. The number of carbonyl (C=O) groups is 2. The van der Waals surface area contributed by atoms with Crippen LogP contribution in [0, 0.1) is 0 Å². The Kier molecular flexibility index (Phi) is 4.72. The lowest BCUT2D eigenvalue weighted by Crippen LogP contribution is -2.45. The molecule has 0 aliphatic carbocycles. The first-order valence-electron chi connectivity index (χ1n) is 9.03. The number of primary amides is 1. The Hall–Kier alpha value is -3.73. The maximum Gasteiger partial charge on any atom is 0.252 e. The molecule has 0 fully saturated rings. The summed E-state index contributed by atoms with van der Waals surface area (Å²) in [6, 6.07) is 20.5. The van der Waals surface area contributed by atoms with Crippen molar-refractivity contribution in [3.05, 3.63) is 90.3 Å². The first-order valence-corrected chi connectivity index (χ1v) is 9.03. The smallest absolute Gasteiger partial charge is 0.252 e. The summed E-state index contributed by atoms with van der Waals surface area (Å²) in [7, 11) is 0. The molecule has 5 nitrogen and oxygen atoms in total. The number of hydrogen-bond donors (Lipinski definition) is 2. The number of fused-ring (bicyclic) bond motifs is 2. The van der Waals surface area contributed by atoms with Crippen LogP contribution in [0.1, 0.15) is 15.9 Å². The largest absolute Gasteiger partial charge is 0.368 e. The van der Waals surface area contributed by atoms with Crippen LogP contribution in [0.2, 0.25) is 0 Å². The summed E-state index contributed by atoms with van der Waals surface area (Å²) in [5.41, 5.74) is 7.06. The average Bonchev–Trinajstić information content (AvgIpc) is 2.73. The van der Waals surface area contributed by atoms with Crippen molar-refractivity contribution < 1.29 is 9.59 Å². The van der Waals surface area contributed by atoms with Gasteiger partial charge in [0.2, 0.25) is 5.91 Å². The molecule has 0 radical (unpaired) electrons. The number of amides is 2. The van der Waals surface area contributed by atoms with Crippen molar-refractivity contribution >= 4 is 33.4 Å². The lowest BCUT2D eigenvalue weighted by Gasteiger charge is -2.18. The number of rotatable bonds is 5. The van der Waals surface area contributed by atoms with Crippen molar-refractivity contribution in [2.24, 2.45) is 5.73 Å². The fourth-order valence-corrected chi connectivity index (χ4v) is 3.50. The minimum absolute atomic E-state index is 0.314. The van der Waals surface area contributed by atoms with E-state index in [9.17, 15) is 9.59 Å². The molecule has 0 saturated heterocycles. The van der Waals surface area contributed by atoms with E-state index in [0.29, 0.717) is 12.0 Å². The van der Waals surface area contributed by atoms with Crippen molar-refractivity contribution in [1.29, 1.82) is 0 Å². The zero-order chi connectivity index (χ0) is 19.5. The fraction of sp³-hybridized carbons (Fsp3) is 0.0870. The van der Waals surface area contributed by atoms with Crippen molar-refractivity contribution in [3.63, 3.8) is 0 Å². The molecule has 1 atom stereocenters. The van der Waals surface area contributed by atoms with Crippen LogP contribution >= 0.6 is 0 Å². The third-order valence-electron chi connectivity index (χ3n) is 4.88. The van der Waals surface area contributed by atoms with E-state index in [1.807, 2.05) is 48.5 Å². The van der Waals surface area contributed by atoms with Crippen molar-refractivity contribution in [3.8, 4) is 0 Å². The van der Waals surface area contributed by atoms with Gasteiger partial charge in [0.1, 0.15) is 6.04 Å². The molecule has 3 aromatic carbocycles. The van der Waals surface area contributed by atoms with E-state index >= 15 is 0 Å². The van der Waals surface area contributed by atoms with Gasteiger partial charge in [-0.3, -0.25) is 14.6 Å². The summed E-state index contributed by atoms with van der Waals surface area (Å²) in [6.45, 7) is 0. The second-order valence-corrected chi connectivity index (χ2v) is 6.67. The quantitative estimate of drug-likeness (QED) is 0.530. The zero-order valence-corrected chi connectivity index (χ0v) is 15.1. The van der Waals surface area contributed by atoms with Gasteiger partial charge in [-0.25, -0.2) is 0 Å². The number of benzene rings is 3. The summed E-state index contributed by atoms with van der Waals surface area (Å²) in [4.78, 5) is 28.6. The Morgan fingerprint density at radius 2 is 1.46 bits per heavy atom. The van der Waals surface area contributed by atoms with E-state index in [0.717, 1.165) is 27.1 Å². The standard InChI is InChI=1S/C23H19N3O2/c24-22(27)21(26-23(28)15-9-11-25-12-10-15)14-20-18-7-3-1-5-16(18)13-17-6-2-4-8-19(17)20/h1-13,21H,14H2,(H2,24,27)(H,26,28)/t21-/m0/s1. The second kappa shape index (κ2) is 7.48. The number of nitrogens with two attached hydrogens (primary N) is 1. The molecule has 2 amide bonds. The summed E-state index contributed by atoms with van der Waals surface area (Å²) in [6.07, 6.45) is 3.38. The molecule has 1 aromatic heterocycles. The molecule has 0 aliphatic heterocycles. The maximum absolute atomic E-state index is 12.5. The molecule has 0 aliphatic rings. The van der Waals surface area contributed by atoms with Gasteiger partial charge in [-0.2, -0.15) is 0 Å². The summed E-state index contributed by atoms with van der Waals surface area (Å²) < 4.78 is 0. The predicted molar refractivity (Wildman–Crippen MR) is 110 cm³/mol. The van der Waals surface area contributed by atoms with E-state index in [2.05, 4.69) is 16.4 Å². The van der Waals surface area contributed by atoms with E-state index in [1.54, 1.807) is 12.1 Å². The van der Waals surface area contributed by atoms with Crippen LogP contribution in [0.4, 0.5) is 0 Å². The highest BCUT2D eigenvalue weighted by atomic mass is 16.2. The van der Waals surface area contributed by atoms with Crippen LogP contribution < -0.4 is 11.1 Å². The van der Waals surface area contributed by atoms with Gasteiger partial charge in [-0.1, -0.05) is 48.5 Å². The molecule has 28 heavy (non-hydrogen) atoms. The van der Waals surface area contributed by atoms with E-state index in [4.69, 9.17) is 5.73 Å².